The zero-order chi connectivity index (χ0) is 19.2. The van der Waals surface area contributed by atoms with Crippen molar-refractivity contribution >= 4 is 17.0 Å². The number of benzene rings is 2. The first-order valence-electron chi connectivity index (χ1n) is 8.14. The van der Waals surface area contributed by atoms with E-state index in [1.54, 1.807) is 32.7 Å². The summed E-state index contributed by atoms with van der Waals surface area (Å²) in [6.07, 6.45) is 0. The van der Waals surface area contributed by atoms with Gasteiger partial charge < -0.3 is 19.0 Å². The normalized spacial score (nSPS) is 11.2. The van der Waals surface area contributed by atoms with E-state index < -0.39 is 0 Å². The molecule has 27 heavy (non-hydrogen) atoms. The Balaban J connectivity index is 2.07. The quantitative estimate of drug-likeness (QED) is 0.450. The van der Waals surface area contributed by atoms with Crippen LogP contribution in [0.4, 0.5) is 0 Å². The fourth-order valence-corrected chi connectivity index (χ4v) is 3.46. The molecule has 0 N–H and O–H groups in total. The molecule has 2 aromatic carbocycles. The molecule has 0 spiro atoms. The van der Waals surface area contributed by atoms with Gasteiger partial charge in [-0.3, -0.25) is 0 Å². The van der Waals surface area contributed by atoms with E-state index in [4.69, 9.17) is 24.0 Å². The molecule has 1 heterocycles. The van der Waals surface area contributed by atoms with Crippen LogP contribution >= 0.6 is 11.3 Å². The van der Waals surface area contributed by atoms with Gasteiger partial charge in [-0.1, -0.05) is 35.5 Å². The third-order valence-corrected chi connectivity index (χ3v) is 4.78. The molecule has 0 atom stereocenters. The summed E-state index contributed by atoms with van der Waals surface area (Å²) in [6, 6.07) is 13.6. The van der Waals surface area contributed by atoms with Crippen LogP contribution in [0.5, 0.6) is 17.2 Å². The molecule has 7 heteroatoms. The van der Waals surface area contributed by atoms with E-state index in [-0.39, 0.29) is 0 Å². The molecule has 0 bridgehead atoms. The smallest absolute Gasteiger partial charge is 0.203 e. The van der Waals surface area contributed by atoms with Crippen molar-refractivity contribution < 1.29 is 19.0 Å². The summed E-state index contributed by atoms with van der Waals surface area (Å²) in [5.74, 6) is 1.59. The van der Waals surface area contributed by atoms with Crippen molar-refractivity contribution in [3.63, 3.8) is 0 Å². The Kier molecular flexibility index (Phi) is 5.93. The molecule has 6 nitrogen and oxygen atoms in total. The molecule has 0 saturated carbocycles. The molecule has 0 aliphatic carbocycles. The van der Waals surface area contributed by atoms with Gasteiger partial charge in [0.1, 0.15) is 23.5 Å². The molecule has 3 aromatic rings. The number of methoxy groups -OCH3 is 3. The summed E-state index contributed by atoms with van der Waals surface area (Å²) in [5.41, 5.74) is 3.08. The van der Waals surface area contributed by atoms with Crippen LogP contribution in [0.1, 0.15) is 11.3 Å². The summed E-state index contributed by atoms with van der Waals surface area (Å²) in [7, 11) is 6.22. The van der Waals surface area contributed by atoms with E-state index in [0.717, 1.165) is 16.1 Å². The molecular weight excluding hydrogens is 364 g/mol. The van der Waals surface area contributed by atoms with Crippen molar-refractivity contribution in [1.82, 2.24) is 4.98 Å². The Morgan fingerprint density at radius 1 is 0.926 bits per heavy atom. The number of hydrogen-bond donors (Lipinski definition) is 0. The minimum absolute atomic E-state index is 0.517. The van der Waals surface area contributed by atoms with Crippen LogP contribution in [0.2, 0.25) is 0 Å². The van der Waals surface area contributed by atoms with E-state index in [1.165, 1.54) is 7.11 Å². The van der Waals surface area contributed by atoms with Crippen molar-refractivity contribution in [2.45, 2.75) is 0 Å². The minimum Gasteiger partial charge on any atom is -0.493 e. The molecule has 0 saturated heterocycles. The van der Waals surface area contributed by atoms with Gasteiger partial charge in [0.05, 0.1) is 21.3 Å². The van der Waals surface area contributed by atoms with Crippen molar-refractivity contribution in [2.75, 3.05) is 28.4 Å². The van der Waals surface area contributed by atoms with Gasteiger partial charge in [0.25, 0.3) is 0 Å². The van der Waals surface area contributed by atoms with Crippen molar-refractivity contribution in [3.05, 3.63) is 59.1 Å². The Labute approximate surface area is 162 Å². The van der Waals surface area contributed by atoms with E-state index in [1.807, 2.05) is 47.8 Å². The van der Waals surface area contributed by atoms with Gasteiger partial charge in [0, 0.05) is 16.5 Å². The first-order valence-corrected chi connectivity index (χ1v) is 9.02. The van der Waals surface area contributed by atoms with Crippen molar-refractivity contribution in [2.24, 2.45) is 5.16 Å². The predicted octanol–water partition coefficient (Wildman–Crippen LogP) is 4.23. The maximum Gasteiger partial charge on any atom is 0.203 e. The highest BCUT2D eigenvalue weighted by atomic mass is 32.1. The molecular formula is C20H20N2O4S. The Bertz CT molecular complexity index is 913. The van der Waals surface area contributed by atoms with Gasteiger partial charge >= 0.3 is 0 Å². The zero-order valence-electron chi connectivity index (χ0n) is 15.6. The number of thiazole rings is 1. The highest BCUT2D eigenvalue weighted by molar-refractivity contribution is 7.13. The highest BCUT2D eigenvalue weighted by Gasteiger charge is 2.19. The lowest BCUT2D eigenvalue weighted by molar-refractivity contribution is 0.214. The third-order valence-electron chi connectivity index (χ3n) is 3.89. The fourth-order valence-electron chi connectivity index (χ4n) is 2.65. The van der Waals surface area contributed by atoms with Crippen molar-refractivity contribution in [3.8, 4) is 27.8 Å². The fraction of sp³-hybridized carbons (Fsp3) is 0.200. The molecule has 0 fully saturated rings. The molecule has 140 valence electrons. The lowest BCUT2D eigenvalue weighted by Gasteiger charge is -2.14. The lowest BCUT2D eigenvalue weighted by atomic mass is 10.1. The Hall–Kier alpha value is -3.06. The number of nitrogens with zero attached hydrogens (tertiary/aromatic N) is 2. The van der Waals surface area contributed by atoms with E-state index in [2.05, 4.69) is 5.16 Å². The second kappa shape index (κ2) is 8.55. The number of hydrogen-bond acceptors (Lipinski definition) is 7. The van der Waals surface area contributed by atoms with Crippen LogP contribution in [0.3, 0.4) is 0 Å². The molecule has 0 aliphatic rings. The van der Waals surface area contributed by atoms with Gasteiger partial charge in [-0.15, -0.1) is 11.3 Å². The lowest BCUT2D eigenvalue weighted by Crippen LogP contribution is -2.07. The van der Waals surface area contributed by atoms with Gasteiger partial charge in [0.2, 0.25) is 5.75 Å². The van der Waals surface area contributed by atoms with E-state index in [0.29, 0.717) is 28.7 Å². The predicted molar refractivity (Wildman–Crippen MR) is 106 cm³/mol. The first-order chi connectivity index (χ1) is 13.2. The molecule has 3 rings (SSSR count). The number of oxime groups is 1. The number of ether oxygens (including phenoxy) is 3. The van der Waals surface area contributed by atoms with Gasteiger partial charge in [-0.05, 0) is 12.1 Å². The van der Waals surface area contributed by atoms with Crippen LogP contribution in [-0.2, 0) is 4.84 Å². The summed E-state index contributed by atoms with van der Waals surface area (Å²) in [4.78, 5) is 9.80. The zero-order valence-corrected chi connectivity index (χ0v) is 16.4. The second-order valence-corrected chi connectivity index (χ2v) is 6.30. The summed E-state index contributed by atoms with van der Waals surface area (Å²) < 4.78 is 16.3. The van der Waals surface area contributed by atoms with E-state index in [9.17, 15) is 0 Å². The monoisotopic (exact) mass is 384 g/mol. The molecule has 0 aliphatic heterocycles. The second-order valence-electron chi connectivity index (χ2n) is 5.44. The average molecular weight is 384 g/mol. The maximum atomic E-state index is 5.44. The van der Waals surface area contributed by atoms with E-state index >= 15 is 0 Å². The maximum absolute atomic E-state index is 5.44. The minimum atomic E-state index is 0.517. The van der Waals surface area contributed by atoms with Gasteiger partial charge in [0.15, 0.2) is 11.5 Å². The van der Waals surface area contributed by atoms with Gasteiger partial charge in [-0.2, -0.15) is 0 Å². The standard InChI is InChI=1S/C20H20N2O4S/c1-23-16-10-14(11-17(24-2)19(16)25-3)18(22-26-4)15-12-27-20(21-15)13-8-6-5-7-9-13/h5-12H,1-4H3/b22-18-. The Morgan fingerprint density at radius 2 is 1.59 bits per heavy atom. The SMILES string of the molecule is CO/N=C(/c1cc(OC)c(OC)c(OC)c1)c1csc(-c2ccccc2)n1. The number of aromatic nitrogens is 1. The van der Waals surface area contributed by atoms with Crippen LogP contribution in [0, 0.1) is 0 Å². The molecule has 1 aromatic heterocycles. The largest absolute Gasteiger partial charge is 0.493 e. The Morgan fingerprint density at radius 3 is 2.15 bits per heavy atom. The molecule has 0 amide bonds. The van der Waals surface area contributed by atoms with Crippen molar-refractivity contribution in [1.29, 1.82) is 0 Å². The average Bonchev–Trinajstić information content (AvgIpc) is 3.21. The van der Waals surface area contributed by atoms with Crippen LogP contribution in [0.25, 0.3) is 10.6 Å². The topological polar surface area (TPSA) is 62.2 Å². The molecule has 0 unspecified atom stereocenters. The van der Waals surface area contributed by atoms with Crippen LogP contribution < -0.4 is 14.2 Å². The summed E-state index contributed by atoms with van der Waals surface area (Å²) in [5, 5.41) is 7.04. The van der Waals surface area contributed by atoms with Gasteiger partial charge in [-0.25, -0.2) is 4.98 Å². The first kappa shape index (κ1) is 18.7. The third kappa shape index (κ3) is 3.88. The van der Waals surface area contributed by atoms with Crippen LogP contribution in [0.15, 0.2) is 53.0 Å². The highest BCUT2D eigenvalue weighted by Crippen LogP contribution is 2.39. The summed E-state index contributed by atoms with van der Waals surface area (Å²) >= 11 is 1.54. The molecule has 0 radical (unpaired) electrons. The number of rotatable bonds is 7. The van der Waals surface area contributed by atoms with Crippen LogP contribution in [-0.4, -0.2) is 39.1 Å². The summed E-state index contributed by atoms with van der Waals surface area (Å²) in [6.45, 7) is 0.